The van der Waals surface area contributed by atoms with E-state index in [1.807, 2.05) is 11.6 Å². The molecule has 0 spiro atoms. The van der Waals surface area contributed by atoms with E-state index < -0.39 is 0 Å². The molecule has 6 nitrogen and oxygen atoms in total. The third kappa shape index (κ3) is 4.43. The number of halogens is 1. The Hall–Kier alpha value is -1.92. The Balaban J connectivity index is 0.00000243. The van der Waals surface area contributed by atoms with Crippen LogP contribution in [0.1, 0.15) is 51.8 Å². The summed E-state index contributed by atoms with van der Waals surface area (Å²) in [5.74, 6) is -0.135. The first kappa shape index (κ1) is 20.4. The summed E-state index contributed by atoms with van der Waals surface area (Å²) >= 11 is 0. The molecule has 2 N–H and O–H groups in total. The molecule has 142 valence electrons. The summed E-state index contributed by atoms with van der Waals surface area (Å²) in [4.78, 5) is 12.5. The molecule has 0 saturated carbocycles. The van der Waals surface area contributed by atoms with Gasteiger partial charge in [-0.25, -0.2) is 4.68 Å². The maximum Gasteiger partial charge on any atom is 0.273 e. The lowest BCUT2D eigenvalue weighted by atomic mass is 10.0. The largest absolute Gasteiger partial charge is 0.350 e. The lowest BCUT2D eigenvalue weighted by molar-refractivity contribution is 0.0948. The number of carbonyl (C=O) groups is 1. The molecule has 0 radical (unpaired) electrons. The van der Waals surface area contributed by atoms with Gasteiger partial charge in [-0.3, -0.25) is 4.79 Å². The number of nitrogens with one attached hydrogen (secondary N) is 2. The smallest absolute Gasteiger partial charge is 0.273 e. The molecule has 7 heteroatoms. The van der Waals surface area contributed by atoms with Crippen molar-refractivity contribution in [2.24, 2.45) is 0 Å². The van der Waals surface area contributed by atoms with Crippen LogP contribution in [0, 0.1) is 20.8 Å². The van der Waals surface area contributed by atoms with E-state index in [0.29, 0.717) is 18.3 Å². The molecule has 1 aromatic carbocycles. The molecule has 1 amide bonds. The van der Waals surface area contributed by atoms with E-state index in [4.69, 9.17) is 0 Å². The van der Waals surface area contributed by atoms with Crippen LogP contribution in [0.5, 0.6) is 0 Å². The van der Waals surface area contributed by atoms with Crippen molar-refractivity contribution in [3.8, 4) is 0 Å². The molecule has 0 aliphatic carbocycles. The average Bonchev–Trinajstić information content (AvgIpc) is 3.00. The quantitative estimate of drug-likeness (QED) is 0.839. The van der Waals surface area contributed by atoms with E-state index in [-0.39, 0.29) is 18.3 Å². The van der Waals surface area contributed by atoms with Crippen molar-refractivity contribution in [2.75, 3.05) is 19.6 Å². The minimum atomic E-state index is -0.135. The van der Waals surface area contributed by atoms with E-state index in [2.05, 4.69) is 53.0 Å². The Kier molecular flexibility index (Phi) is 7.17. The maximum atomic E-state index is 12.5. The first-order valence-electron chi connectivity index (χ1n) is 9.03. The molecular formula is C19H28ClN5O. The number of aromatic nitrogens is 3. The van der Waals surface area contributed by atoms with Crippen LogP contribution < -0.4 is 10.6 Å². The molecule has 1 fully saturated rings. The SMILES string of the molecule is Cc1cccc(C)c1CCNC(=O)c1nnn(C2CCNCC2)c1C.Cl. The zero-order valence-corrected chi connectivity index (χ0v) is 16.5. The number of amides is 1. The summed E-state index contributed by atoms with van der Waals surface area (Å²) in [5, 5.41) is 14.7. The van der Waals surface area contributed by atoms with Crippen LogP contribution in [0.3, 0.4) is 0 Å². The predicted molar refractivity (Wildman–Crippen MR) is 105 cm³/mol. The van der Waals surface area contributed by atoms with Crippen molar-refractivity contribution in [1.82, 2.24) is 25.6 Å². The summed E-state index contributed by atoms with van der Waals surface area (Å²) in [6.07, 6.45) is 2.88. The van der Waals surface area contributed by atoms with Gasteiger partial charge in [0, 0.05) is 6.54 Å². The Morgan fingerprint density at radius 1 is 1.23 bits per heavy atom. The molecule has 1 aliphatic heterocycles. The van der Waals surface area contributed by atoms with E-state index in [0.717, 1.165) is 38.0 Å². The summed E-state index contributed by atoms with van der Waals surface area (Å²) in [6, 6.07) is 6.62. The number of aryl methyl sites for hydroxylation is 2. The van der Waals surface area contributed by atoms with Crippen molar-refractivity contribution >= 4 is 18.3 Å². The van der Waals surface area contributed by atoms with E-state index in [1.54, 1.807) is 0 Å². The summed E-state index contributed by atoms with van der Waals surface area (Å²) in [5.41, 5.74) is 5.14. The van der Waals surface area contributed by atoms with Gasteiger partial charge in [0.15, 0.2) is 5.69 Å². The Morgan fingerprint density at radius 2 is 1.88 bits per heavy atom. The van der Waals surface area contributed by atoms with Crippen molar-refractivity contribution < 1.29 is 4.79 Å². The molecule has 2 aromatic rings. The van der Waals surface area contributed by atoms with Crippen LogP contribution in [0.4, 0.5) is 0 Å². The number of carbonyl (C=O) groups excluding carboxylic acids is 1. The fraction of sp³-hybridized carbons (Fsp3) is 0.526. The van der Waals surface area contributed by atoms with E-state index in [1.165, 1.54) is 16.7 Å². The predicted octanol–water partition coefficient (Wildman–Crippen LogP) is 2.52. The second-order valence-electron chi connectivity index (χ2n) is 6.83. The molecule has 1 aromatic heterocycles. The topological polar surface area (TPSA) is 71.8 Å². The number of hydrogen-bond acceptors (Lipinski definition) is 4. The zero-order chi connectivity index (χ0) is 17.8. The Labute approximate surface area is 161 Å². The molecule has 0 unspecified atom stereocenters. The van der Waals surface area contributed by atoms with Crippen LogP contribution >= 0.6 is 12.4 Å². The number of piperidine rings is 1. The Bertz CT molecular complexity index is 732. The highest BCUT2D eigenvalue weighted by atomic mass is 35.5. The molecule has 26 heavy (non-hydrogen) atoms. The molecule has 2 heterocycles. The van der Waals surface area contributed by atoms with Crippen LogP contribution in [-0.4, -0.2) is 40.5 Å². The monoisotopic (exact) mass is 377 g/mol. The number of benzene rings is 1. The first-order chi connectivity index (χ1) is 12.1. The zero-order valence-electron chi connectivity index (χ0n) is 15.7. The van der Waals surface area contributed by atoms with Gasteiger partial charge < -0.3 is 10.6 Å². The summed E-state index contributed by atoms with van der Waals surface area (Å²) in [7, 11) is 0. The highest BCUT2D eigenvalue weighted by Gasteiger charge is 2.22. The van der Waals surface area contributed by atoms with Gasteiger partial charge in [-0.1, -0.05) is 23.4 Å². The van der Waals surface area contributed by atoms with Gasteiger partial charge in [-0.2, -0.15) is 0 Å². The Morgan fingerprint density at radius 3 is 2.54 bits per heavy atom. The standard InChI is InChI=1S/C19H27N5O.ClH/c1-13-5-4-6-14(2)17(13)9-12-21-19(25)18-15(3)24(23-22-18)16-7-10-20-11-8-16;/h4-6,16,20H,7-12H2,1-3H3,(H,21,25);1H. The molecule has 0 bridgehead atoms. The van der Waals surface area contributed by atoms with Crippen molar-refractivity contribution in [3.05, 3.63) is 46.3 Å². The highest BCUT2D eigenvalue weighted by Crippen LogP contribution is 2.20. The van der Waals surface area contributed by atoms with E-state index in [9.17, 15) is 4.79 Å². The molecule has 1 aliphatic rings. The summed E-state index contributed by atoms with van der Waals surface area (Å²) < 4.78 is 1.92. The summed E-state index contributed by atoms with van der Waals surface area (Å²) in [6.45, 7) is 8.73. The second-order valence-corrected chi connectivity index (χ2v) is 6.83. The van der Waals surface area contributed by atoms with Gasteiger partial charge in [0.2, 0.25) is 0 Å². The number of nitrogens with zero attached hydrogens (tertiary/aromatic N) is 3. The normalized spacial score (nSPS) is 14.7. The van der Waals surface area contributed by atoms with Gasteiger partial charge in [-0.05, 0) is 69.8 Å². The van der Waals surface area contributed by atoms with Crippen LogP contribution in [0.2, 0.25) is 0 Å². The maximum absolute atomic E-state index is 12.5. The van der Waals surface area contributed by atoms with Crippen molar-refractivity contribution in [3.63, 3.8) is 0 Å². The van der Waals surface area contributed by atoms with Gasteiger partial charge >= 0.3 is 0 Å². The molecule has 0 atom stereocenters. The lowest BCUT2D eigenvalue weighted by Gasteiger charge is -2.23. The average molecular weight is 378 g/mol. The second kappa shape index (κ2) is 9.14. The van der Waals surface area contributed by atoms with Crippen LogP contribution in [0.25, 0.3) is 0 Å². The minimum absolute atomic E-state index is 0. The third-order valence-corrected chi connectivity index (χ3v) is 5.10. The molecule has 1 saturated heterocycles. The minimum Gasteiger partial charge on any atom is -0.350 e. The van der Waals surface area contributed by atoms with Gasteiger partial charge in [0.25, 0.3) is 5.91 Å². The van der Waals surface area contributed by atoms with Crippen molar-refractivity contribution in [1.29, 1.82) is 0 Å². The lowest BCUT2D eigenvalue weighted by Crippen LogP contribution is -2.30. The van der Waals surface area contributed by atoms with Crippen molar-refractivity contribution in [2.45, 2.75) is 46.1 Å². The van der Waals surface area contributed by atoms with Crippen LogP contribution in [0.15, 0.2) is 18.2 Å². The number of hydrogen-bond donors (Lipinski definition) is 2. The van der Waals surface area contributed by atoms with Gasteiger partial charge in [0.1, 0.15) is 0 Å². The van der Waals surface area contributed by atoms with Crippen LogP contribution in [-0.2, 0) is 6.42 Å². The number of rotatable bonds is 5. The fourth-order valence-electron chi connectivity index (χ4n) is 3.58. The fourth-order valence-corrected chi connectivity index (χ4v) is 3.58. The first-order valence-corrected chi connectivity index (χ1v) is 9.03. The van der Waals surface area contributed by atoms with Gasteiger partial charge in [-0.15, -0.1) is 17.5 Å². The highest BCUT2D eigenvalue weighted by molar-refractivity contribution is 5.93. The molecule has 3 rings (SSSR count). The molecular weight excluding hydrogens is 350 g/mol. The van der Waals surface area contributed by atoms with E-state index >= 15 is 0 Å². The third-order valence-electron chi connectivity index (χ3n) is 5.10. The van der Waals surface area contributed by atoms with Gasteiger partial charge in [0.05, 0.1) is 11.7 Å².